The summed E-state index contributed by atoms with van der Waals surface area (Å²) >= 11 is 0. The Morgan fingerprint density at radius 3 is 2.20 bits per heavy atom. The second-order valence-electron chi connectivity index (χ2n) is 4.79. The summed E-state index contributed by atoms with van der Waals surface area (Å²) in [4.78, 5) is 24.8. The minimum absolute atomic E-state index is 0.0156. The summed E-state index contributed by atoms with van der Waals surface area (Å²) in [5.74, 6) is 0.358. The number of carbonyl (C=O) groups excluding carboxylic acids is 2. The van der Waals surface area contributed by atoms with Gasteiger partial charge in [0.2, 0.25) is 0 Å². The molecule has 0 aliphatic carbocycles. The van der Waals surface area contributed by atoms with Crippen molar-refractivity contribution in [2.24, 2.45) is 0 Å². The summed E-state index contributed by atoms with van der Waals surface area (Å²) in [6, 6.07) is 7.20. The van der Waals surface area contributed by atoms with Crippen molar-refractivity contribution in [2.45, 2.75) is 26.9 Å². The number of nitrogens with zero attached hydrogens (tertiary/aromatic N) is 1. The van der Waals surface area contributed by atoms with Gasteiger partial charge in [0, 0.05) is 5.69 Å². The minimum atomic E-state index is -0.350. The van der Waals surface area contributed by atoms with E-state index in [9.17, 15) is 9.59 Å². The Kier molecular flexibility index (Phi) is 6.03. The van der Waals surface area contributed by atoms with Gasteiger partial charge in [-0.3, -0.25) is 9.59 Å². The third-order valence-corrected chi connectivity index (χ3v) is 2.54. The molecule has 1 aromatic rings. The number of rotatable bonds is 7. The molecule has 0 spiro atoms. The van der Waals surface area contributed by atoms with E-state index in [2.05, 4.69) is 0 Å². The largest absolute Gasteiger partial charge is 0.497 e. The number of methoxy groups -OCH3 is 1. The number of ether oxygens (including phenoxy) is 2. The second-order valence-corrected chi connectivity index (χ2v) is 4.79. The van der Waals surface area contributed by atoms with Crippen LogP contribution in [0.1, 0.15) is 20.8 Å². The Bertz CT molecular complexity index is 453. The topological polar surface area (TPSA) is 55.8 Å². The van der Waals surface area contributed by atoms with E-state index in [1.165, 1.54) is 6.92 Å². The van der Waals surface area contributed by atoms with Crippen molar-refractivity contribution in [1.29, 1.82) is 0 Å². The molecular formula is C15H21NO4. The molecule has 5 heteroatoms. The molecule has 0 fully saturated rings. The van der Waals surface area contributed by atoms with Crippen molar-refractivity contribution in [1.82, 2.24) is 0 Å². The van der Waals surface area contributed by atoms with Gasteiger partial charge in [-0.25, -0.2) is 0 Å². The lowest BCUT2D eigenvalue weighted by Crippen LogP contribution is -2.35. The summed E-state index contributed by atoms with van der Waals surface area (Å²) < 4.78 is 10.2. The zero-order chi connectivity index (χ0) is 15.1. The maximum absolute atomic E-state index is 11.7. The first-order valence-corrected chi connectivity index (χ1v) is 6.50. The summed E-state index contributed by atoms with van der Waals surface area (Å²) in [6.45, 7) is 5.29. The van der Waals surface area contributed by atoms with Crippen LogP contribution in [0.2, 0.25) is 0 Å². The summed E-state index contributed by atoms with van der Waals surface area (Å²) in [5.41, 5.74) is 0.779. The molecule has 1 aromatic carbocycles. The lowest BCUT2D eigenvalue weighted by molar-refractivity contribution is -0.145. The highest BCUT2D eigenvalue weighted by Crippen LogP contribution is 2.19. The fourth-order valence-electron chi connectivity index (χ4n) is 1.76. The van der Waals surface area contributed by atoms with Crippen molar-refractivity contribution in [3.8, 4) is 5.75 Å². The number of carbonyl (C=O) groups is 2. The normalized spacial score (nSPS) is 10.2. The van der Waals surface area contributed by atoms with E-state index in [1.807, 2.05) is 12.1 Å². The summed E-state index contributed by atoms with van der Waals surface area (Å²) in [6.07, 6.45) is -0.169. The fourth-order valence-corrected chi connectivity index (χ4v) is 1.76. The average molecular weight is 279 g/mol. The minimum Gasteiger partial charge on any atom is -0.497 e. The summed E-state index contributed by atoms with van der Waals surface area (Å²) in [7, 11) is 1.59. The van der Waals surface area contributed by atoms with E-state index in [-0.39, 0.29) is 30.9 Å². The van der Waals surface area contributed by atoms with Gasteiger partial charge in [0.15, 0.2) is 0 Å². The number of benzene rings is 1. The molecule has 0 unspecified atom stereocenters. The van der Waals surface area contributed by atoms with Gasteiger partial charge in [-0.15, -0.1) is 0 Å². The predicted molar refractivity (Wildman–Crippen MR) is 77.1 cm³/mol. The first-order valence-electron chi connectivity index (χ1n) is 6.50. The number of ketones is 1. The van der Waals surface area contributed by atoms with E-state index in [1.54, 1.807) is 38.0 Å². The predicted octanol–water partition coefficient (Wildman–Crippen LogP) is 2.04. The van der Waals surface area contributed by atoms with Crippen molar-refractivity contribution in [3.63, 3.8) is 0 Å². The lowest BCUT2D eigenvalue weighted by Gasteiger charge is -2.23. The van der Waals surface area contributed by atoms with Crippen LogP contribution in [0.25, 0.3) is 0 Å². The van der Waals surface area contributed by atoms with Crippen LogP contribution in [-0.4, -0.2) is 38.1 Å². The molecule has 0 saturated carbocycles. The Morgan fingerprint density at radius 2 is 1.75 bits per heavy atom. The first kappa shape index (κ1) is 16.0. The Balaban J connectivity index is 2.81. The van der Waals surface area contributed by atoms with Crippen LogP contribution >= 0.6 is 0 Å². The van der Waals surface area contributed by atoms with Crippen molar-refractivity contribution < 1.29 is 19.1 Å². The smallest absolute Gasteiger partial charge is 0.325 e. The van der Waals surface area contributed by atoms with Crippen molar-refractivity contribution in [3.05, 3.63) is 24.3 Å². The fraction of sp³-hybridized carbons (Fsp3) is 0.467. The molecule has 0 saturated heterocycles. The number of hydrogen-bond acceptors (Lipinski definition) is 5. The standard InChI is InChI=1S/C15H21NO4/c1-11(2)20-15(18)10-16(9-12(3)17)13-5-7-14(19-4)8-6-13/h5-8,11H,9-10H2,1-4H3. The van der Waals surface area contributed by atoms with Crippen LogP contribution in [0.4, 0.5) is 5.69 Å². The number of hydrogen-bond donors (Lipinski definition) is 0. The van der Waals surface area contributed by atoms with E-state index in [0.29, 0.717) is 0 Å². The van der Waals surface area contributed by atoms with Crippen LogP contribution in [0, 0.1) is 0 Å². The van der Waals surface area contributed by atoms with Crippen LogP contribution in [0.15, 0.2) is 24.3 Å². The van der Waals surface area contributed by atoms with Crippen LogP contribution in [0.5, 0.6) is 5.75 Å². The van der Waals surface area contributed by atoms with Crippen LogP contribution in [0.3, 0.4) is 0 Å². The molecule has 110 valence electrons. The molecular weight excluding hydrogens is 258 g/mol. The molecule has 0 heterocycles. The Hall–Kier alpha value is -2.04. The number of Topliss-reactive ketones (excluding diaryl/α,β-unsaturated/α-hetero) is 1. The monoisotopic (exact) mass is 279 g/mol. The van der Waals surface area contributed by atoms with Gasteiger partial charge in [0.1, 0.15) is 18.1 Å². The zero-order valence-corrected chi connectivity index (χ0v) is 12.4. The molecule has 0 atom stereocenters. The molecule has 0 bridgehead atoms. The van der Waals surface area contributed by atoms with E-state index >= 15 is 0 Å². The van der Waals surface area contributed by atoms with Crippen LogP contribution in [-0.2, 0) is 14.3 Å². The molecule has 1 rings (SSSR count). The second kappa shape index (κ2) is 7.53. The first-order chi connectivity index (χ1) is 9.42. The maximum atomic E-state index is 11.7. The SMILES string of the molecule is COc1ccc(N(CC(C)=O)CC(=O)OC(C)C)cc1. The average Bonchev–Trinajstić information content (AvgIpc) is 2.36. The van der Waals surface area contributed by atoms with E-state index < -0.39 is 0 Å². The third-order valence-electron chi connectivity index (χ3n) is 2.54. The molecule has 5 nitrogen and oxygen atoms in total. The van der Waals surface area contributed by atoms with E-state index in [4.69, 9.17) is 9.47 Å². The van der Waals surface area contributed by atoms with Gasteiger partial charge < -0.3 is 14.4 Å². The molecule has 0 radical (unpaired) electrons. The maximum Gasteiger partial charge on any atom is 0.325 e. The molecule has 0 amide bonds. The van der Waals surface area contributed by atoms with E-state index in [0.717, 1.165) is 11.4 Å². The van der Waals surface area contributed by atoms with Gasteiger partial charge >= 0.3 is 5.97 Å². The highest BCUT2D eigenvalue weighted by Gasteiger charge is 2.15. The molecule has 0 aliphatic heterocycles. The molecule has 0 aromatic heterocycles. The van der Waals surface area contributed by atoms with Gasteiger partial charge in [-0.2, -0.15) is 0 Å². The number of anilines is 1. The van der Waals surface area contributed by atoms with Gasteiger partial charge in [-0.05, 0) is 45.0 Å². The lowest BCUT2D eigenvalue weighted by atomic mass is 10.2. The van der Waals surface area contributed by atoms with Crippen molar-refractivity contribution >= 4 is 17.4 Å². The third kappa shape index (κ3) is 5.30. The van der Waals surface area contributed by atoms with Crippen molar-refractivity contribution in [2.75, 3.05) is 25.1 Å². The van der Waals surface area contributed by atoms with Crippen LogP contribution < -0.4 is 9.64 Å². The van der Waals surface area contributed by atoms with Gasteiger partial charge in [0.25, 0.3) is 0 Å². The number of esters is 1. The molecule has 0 N–H and O–H groups in total. The molecule has 0 aliphatic rings. The highest BCUT2D eigenvalue weighted by atomic mass is 16.5. The van der Waals surface area contributed by atoms with Gasteiger partial charge in [-0.1, -0.05) is 0 Å². The van der Waals surface area contributed by atoms with Gasteiger partial charge in [0.05, 0.1) is 19.8 Å². The Labute approximate surface area is 119 Å². The highest BCUT2D eigenvalue weighted by molar-refractivity contribution is 5.84. The summed E-state index contributed by atoms with van der Waals surface area (Å²) in [5, 5.41) is 0. The molecule has 20 heavy (non-hydrogen) atoms. The quantitative estimate of drug-likeness (QED) is 0.715. The zero-order valence-electron chi connectivity index (χ0n) is 12.4. The Morgan fingerprint density at radius 1 is 1.15 bits per heavy atom.